The van der Waals surface area contributed by atoms with Gasteiger partial charge in [-0.05, 0) is 40.5 Å². The predicted molar refractivity (Wildman–Crippen MR) is 150 cm³/mol. The Bertz CT molecular complexity index is 1350. The second-order valence-corrected chi connectivity index (χ2v) is 9.16. The first-order chi connectivity index (χ1) is 19.1. The molecule has 0 saturated carbocycles. The number of pyridine rings is 1. The third-order valence-electron chi connectivity index (χ3n) is 6.46. The average molecular weight is 524 g/mol. The number of aromatic nitrogens is 1. The molecule has 0 aliphatic heterocycles. The van der Waals surface area contributed by atoms with E-state index in [2.05, 4.69) is 10.3 Å². The number of amides is 2. The molecule has 4 rings (SSSR count). The van der Waals surface area contributed by atoms with E-state index in [1.807, 2.05) is 78.9 Å². The minimum Gasteiger partial charge on any atom is -0.493 e. The summed E-state index contributed by atoms with van der Waals surface area (Å²) < 4.78 is 10.8. The Morgan fingerprint density at radius 1 is 0.795 bits per heavy atom. The van der Waals surface area contributed by atoms with Crippen LogP contribution in [-0.4, -0.2) is 42.0 Å². The van der Waals surface area contributed by atoms with Gasteiger partial charge in [0.25, 0.3) is 0 Å². The molecule has 0 aliphatic carbocycles. The number of nitrogens with zero attached hydrogens (tertiary/aromatic N) is 2. The number of ether oxygens (including phenoxy) is 2. The highest BCUT2D eigenvalue weighted by Crippen LogP contribution is 2.28. The van der Waals surface area contributed by atoms with Gasteiger partial charge < -0.3 is 19.7 Å². The maximum absolute atomic E-state index is 13.9. The van der Waals surface area contributed by atoms with E-state index in [0.717, 1.165) is 22.3 Å². The van der Waals surface area contributed by atoms with E-state index in [0.29, 0.717) is 31.0 Å². The molecular formula is C32H33N3O4. The lowest BCUT2D eigenvalue weighted by Gasteiger charge is -2.32. The van der Waals surface area contributed by atoms with Crippen LogP contribution < -0.4 is 14.8 Å². The molecule has 0 saturated heterocycles. The first-order valence-corrected chi connectivity index (χ1v) is 12.8. The molecular weight excluding hydrogens is 490 g/mol. The summed E-state index contributed by atoms with van der Waals surface area (Å²) in [7, 11) is 3.14. The van der Waals surface area contributed by atoms with Crippen molar-refractivity contribution in [2.75, 3.05) is 14.2 Å². The summed E-state index contributed by atoms with van der Waals surface area (Å²) in [5, 5.41) is 3.03. The Balaban J connectivity index is 1.65. The third kappa shape index (κ3) is 7.68. The maximum Gasteiger partial charge on any atom is 0.243 e. The zero-order chi connectivity index (χ0) is 27.5. The monoisotopic (exact) mass is 523 g/mol. The summed E-state index contributed by atoms with van der Waals surface area (Å²) in [5.41, 5.74) is 3.56. The standard InChI is InChI=1S/C32H33N3O4/c1-38-29-16-15-26(19-30(29)39-2)20-31(36)35(23-25-12-7-4-8-13-25)28(18-24-10-5-3-6-11-24)32(37)34-22-27-14-9-17-33-21-27/h3-17,19,21,28H,18,20,22-23H2,1-2H3,(H,34,37)/t28-/m0/s1. The highest BCUT2D eigenvalue weighted by Gasteiger charge is 2.30. The molecule has 0 fully saturated rings. The van der Waals surface area contributed by atoms with Gasteiger partial charge in [0.15, 0.2) is 11.5 Å². The summed E-state index contributed by atoms with van der Waals surface area (Å²) in [5.74, 6) is 0.752. The van der Waals surface area contributed by atoms with Gasteiger partial charge in [0.1, 0.15) is 6.04 Å². The van der Waals surface area contributed by atoms with Crippen LogP contribution in [0, 0.1) is 0 Å². The predicted octanol–water partition coefficient (Wildman–Crippen LogP) is 4.60. The molecule has 2 amide bonds. The normalized spacial score (nSPS) is 11.3. The van der Waals surface area contributed by atoms with Gasteiger partial charge in [-0.1, -0.05) is 72.8 Å². The van der Waals surface area contributed by atoms with E-state index in [1.165, 1.54) is 0 Å². The summed E-state index contributed by atoms with van der Waals surface area (Å²) >= 11 is 0. The van der Waals surface area contributed by atoms with Gasteiger partial charge in [0.05, 0.1) is 20.6 Å². The van der Waals surface area contributed by atoms with Gasteiger partial charge >= 0.3 is 0 Å². The van der Waals surface area contributed by atoms with Crippen molar-refractivity contribution in [3.63, 3.8) is 0 Å². The average Bonchev–Trinajstić information content (AvgIpc) is 2.99. The zero-order valence-corrected chi connectivity index (χ0v) is 22.2. The van der Waals surface area contributed by atoms with Crippen LogP contribution in [0.2, 0.25) is 0 Å². The quantitative estimate of drug-likeness (QED) is 0.294. The van der Waals surface area contributed by atoms with Crippen LogP contribution in [0.1, 0.15) is 22.3 Å². The Morgan fingerprint density at radius 2 is 1.46 bits per heavy atom. The lowest BCUT2D eigenvalue weighted by atomic mass is 10.0. The Labute approximate surface area is 229 Å². The molecule has 3 aromatic carbocycles. The largest absolute Gasteiger partial charge is 0.493 e. The van der Waals surface area contributed by atoms with E-state index in [4.69, 9.17) is 9.47 Å². The van der Waals surface area contributed by atoms with Crippen molar-refractivity contribution in [1.29, 1.82) is 0 Å². The van der Waals surface area contributed by atoms with Crippen molar-refractivity contribution in [1.82, 2.24) is 15.2 Å². The summed E-state index contributed by atoms with van der Waals surface area (Å²) in [6.07, 6.45) is 3.90. The van der Waals surface area contributed by atoms with E-state index < -0.39 is 6.04 Å². The minimum absolute atomic E-state index is 0.106. The number of hydrogen-bond acceptors (Lipinski definition) is 5. The molecule has 0 aliphatic rings. The van der Waals surface area contributed by atoms with E-state index in [-0.39, 0.29) is 18.2 Å². The van der Waals surface area contributed by atoms with Crippen LogP contribution >= 0.6 is 0 Å². The van der Waals surface area contributed by atoms with E-state index in [1.54, 1.807) is 43.6 Å². The minimum atomic E-state index is -0.725. The van der Waals surface area contributed by atoms with Gasteiger partial charge in [-0.2, -0.15) is 0 Å². The molecule has 200 valence electrons. The van der Waals surface area contributed by atoms with Crippen molar-refractivity contribution in [2.45, 2.75) is 32.0 Å². The summed E-state index contributed by atoms with van der Waals surface area (Å²) in [4.78, 5) is 33.5. The Hall–Kier alpha value is -4.65. The molecule has 1 N–H and O–H groups in total. The van der Waals surface area contributed by atoms with Gasteiger partial charge in [0, 0.05) is 31.9 Å². The van der Waals surface area contributed by atoms with E-state index >= 15 is 0 Å². The molecule has 0 unspecified atom stereocenters. The van der Waals surface area contributed by atoms with Crippen molar-refractivity contribution >= 4 is 11.8 Å². The van der Waals surface area contributed by atoms with E-state index in [9.17, 15) is 9.59 Å². The molecule has 7 heteroatoms. The molecule has 1 atom stereocenters. The van der Waals surface area contributed by atoms with Crippen molar-refractivity contribution < 1.29 is 19.1 Å². The van der Waals surface area contributed by atoms with Gasteiger partial charge in [-0.15, -0.1) is 0 Å². The van der Waals surface area contributed by atoms with Gasteiger partial charge in [-0.25, -0.2) is 0 Å². The first-order valence-electron chi connectivity index (χ1n) is 12.8. The van der Waals surface area contributed by atoms with Crippen LogP contribution in [0.25, 0.3) is 0 Å². The van der Waals surface area contributed by atoms with Gasteiger partial charge in [0.2, 0.25) is 11.8 Å². The molecule has 4 aromatic rings. The zero-order valence-electron chi connectivity index (χ0n) is 22.2. The Kier molecular flexibility index (Phi) is 9.67. The number of rotatable bonds is 12. The number of hydrogen-bond donors (Lipinski definition) is 1. The molecule has 0 spiro atoms. The number of methoxy groups -OCH3 is 2. The van der Waals surface area contributed by atoms with Crippen LogP contribution in [0.15, 0.2) is 103 Å². The number of carbonyl (C=O) groups is 2. The fourth-order valence-corrected chi connectivity index (χ4v) is 4.41. The van der Waals surface area contributed by atoms with Gasteiger partial charge in [-0.3, -0.25) is 14.6 Å². The summed E-state index contributed by atoms with van der Waals surface area (Å²) in [6, 6.07) is 27.9. The number of benzene rings is 3. The first kappa shape index (κ1) is 27.4. The smallest absolute Gasteiger partial charge is 0.243 e. The Morgan fingerprint density at radius 3 is 2.10 bits per heavy atom. The van der Waals surface area contributed by atoms with Crippen LogP contribution in [0.3, 0.4) is 0 Å². The molecule has 0 radical (unpaired) electrons. The highest BCUT2D eigenvalue weighted by molar-refractivity contribution is 5.89. The van der Waals surface area contributed by atoms with Crippen molar-refractivity contribution in [3.05, 3.63) is 126 Å². The topological polar surface area (TPSA) is 80.8 Å². The number of carbonyl (C=O) groups excluding carboxylic acids is 2. The fourth-order valence-electron chi connectivity index (χ4n) is 4.41. The maximum atomic E-state index is 13.9. The highest BCUT2D eigenvalue weighted by atomic mass is 16.5. The van der Waals surface area contributed by atoms with Crippen LogP contribution in [0.5, 0.6) is 11.5 Å². The molecule has 0 bridgehead atoms. The molecule has 1 aromatic heterocycles. The lowest BCUT2D eigenvalue weighted by molar-refractivity contribution is -0.140. The van der Waals surface area contributed by atoms with Crippen LogP contribution in [0.4, 0.5) is 0 Å². The lowest BCUT2D eigenvalue weighted by Crippen LogP contribution is -2.50. The molecule has 39 heavy (non-hydrogen) atoms. The van der Waals surface area contributed by atoms with Crippen LogP contribution in [-0.2, 0) is 35.5 Å². The SMILES string of the molecule is COc1ccc(CC(=O)N(Cc2ccccc2)[C@@H](Cc2ccccc2)C(=O)NCc2cccnc2)cc1OC. The van der Waals surface area contributed by atoms with Crippen molar-refractivity contribution in [3.8, 4) is 11.5 Å². The third-order valence-corrected chi connectivity index (χ3v) is 6.46. The second-order valence-electron chi connectivity index (χ2n) is 9.16. The molecule has 7 nitrogen and oxygen atoms in total. The summed E-state index contributed by atoms with van der Waals surface area (Å²) in [6.45, 7) is 0.617. The number of nitrogens with one attached hydrogen (secondary N) is 1. The fraction of sp³-hybridized carbons (Fsp3) is 0.219. The van der Waals surface area contributed by atoms with Crippen molar-refractivity contribution in [2.24, 2.45) is 0 Å². The second kappa shape index (κ2) is 13.8. The molecule has 1 heterocycles.